The van der Waals surface area contributed by atoms with Crippen LogP contribution in [0.15, 0.2) is 48.5 Å². The molecule has 0 radical (unpaired) electrons. The summed E-state index contributed by atoms with van der Waals surface area (Å²) in [7, 11) is 0. The van der Waals surface area contributed by atoms with Gasteiger partial charge in [-0.25, -0.2) is 9.59 Å². The van der Waals surface area contributed by atoms with Crippen molar-refractivity contribution in [3.8, 4) is 0 Å². The number of amides is 3. The van der Waals surface area contributed by atoms with E-state index in [2.05, 4.69) is 10.6 Å². The topological polar surface area (TPSA) is 98.7 Å². The number of carboxylic acid groups (broad SMARTS) is 1. The van der Waals surface area contributed by atoms with Crippen LogP contribution in [0.5, 0.6) is 0 Å². The lowest BCUT2D eigenvalue weighted by atomic mass is 9.92. The molecule has 0 bridgehead atoms. The fourth-order valence-electron chi connectivity index (χ4n) is 3.53. The van der Waals surface area contributed by atoms with Gasteiger partial charge in [-0.15, -0.1) is 0 Å². The molecule has 7 nitrogen and oxygen atoms in total. The first kappa shape index (κ1) is 18.0. The van der Waals surface area contributed by atoms with E-state index in [-0.39, 0.29) is 18.0 Å². The quantitative estimate of drug-likeness (QED) is 0.761. The smallest absolute Gasteiger partial charge is 0.331 e. The maximum absolute atomic E-state index is 13.1. The third-order valence-corrected chi connectivity index (χ3v) is 5.06. The summed E-state index contributed by atoms with van der Waals surface area (Å²) < 4.78 is 0. The van der Waals surface area contributed by atoms with E-state index in [9.17, 15) is 19.5 Å². The van der Waals surface area contributed by atoms with Crippen molar-refractivity contribution >= 4 is 23.6 Å². The lowest BCUT2D eigenvalue weighted by Crippen LogP contribution is -2.43. The number of hydrogen-bond acceptors (Lipinski definition) is 3. The maximum atomic E-state index is 13.1. The third-order valence-electron chi connectivity index (χ3n) is 5.06. The molecule has 1 unspecified atom stereocenters. The van der Waals surface area contributed by atoms with Gasteiger partial charge in [-0.1, -0.05) is 30.3 Å². The summed E-state index contributed by atoms with van der Waals surface area (Å²) in [6.45, 7) is 0.326. The fraction of sp³-hybridized carbons (Fsp3) is 0.286. The molecular formula is C21H21N3O4. The van der Waals surface area contributed by atoms with Gasteiger partial charge in [-0.05, 0) is 48.6 Å². The SMILES string of the molecule is O=C(Nc1cccc(C(=O)N2CCc3ccccc3C2C(=O)O)c1)NC1CC1. The lowest BCUT2D eigenvalue weighted by molar-refractivity contribution is -0.143. The average Bonchev–Trinajstić information content (AvgIpc) is 3.50. The van der Waals surface area contributed by atoms with Crippen molar-refractivity contribution in [3.05, 3.63) is 65.2 Å². The van der Waals surface area contributed by atoms with Crippen LogP contribution in [0.25, 0.3) is 0 Å². The molecule has 2 aromatic rings. The Morgan fingerprint density at radius 2 is 1.82 bits per heavy atom. The second-order valence-corrected chi connectivity index (χ2v) is 7.14. The fourth-order valence-corrected chi connectivity index (χ4v) is 3.53. The molecule has 3 N–H and O–H groups in total. The zero-order valence-electron chi connectivity index (χ0n) is 15.2. The van der Waals surface area contributed by atoms with Gasteiger partial charge in [-0.2, -0.15) is 0 Å². The van der Waals surface area contributed by atoms with Gasteiger partial charge < -0.3 is 20.6 Å². The van der Waals surface area contributed by atoms with E-state index in [4.69, 9.17) is 0 Å². The molecule has 2 aliphatic rings. The van der Waals surface area contributed by atoms with Crippen LogP contribution in [0.4, 0.5) is 10.5 Å². The van der Waals surface area contributed by atoms with Crippen LogP contribution in [-0.2, 0) is 11.2 Å². The molecule has 4 rings (SSSR count). The Kier molecular flexibility index (Phi) is 4.73. The number of benzene rings is 2. The summed E-state index contributed by atoms with van der Waals surface area (Å²) in [5.74, 6) is -1.42. The maximum Gasteiger partial charge on any atom is 0.331 e. The average molecular weight is 379 g/mol. The molecule has 0 spiro atoms. The van der Waals surface area contributed by atoms with Crippen LogP contribution < -0.4 is 10.6 Å². The van der Waals surface area contributed by atoms with Crippen LogP contribution in [0.3, 0.4) is 0 Å². The van der Waals surface area contributed by atoms with E-state index in [1.165, 1.54) is 4.90 Å². The Hall–Kier alpha value is -3.35. The lowest BCUT2D eigenvalue weighted by Gasteiger charge is -2.34. The highest BCUT2D eigenvalue weighted by Crippen LogP contribution is 2.31. The number of urea groups is 1. The van der Waals surface area contributed by atoms with Crippen LogP contribution in [0.1, 0.15) is 40.4 Å². The van der Waals surface area contributed by atoms with Crippen molar-refractivity contribution < 1.29 is 19.5 Å². The Morgan fingerprint density at radius 3 is 2.57 bits per heavy atom. The predicted molar refractivity (Wildman–Crippen MR) is 103 cm³/mol. The van der Waals surface area contributed by atoms with Crippen molar-refractivity contribution in [1.82, 2.24) is 10.2 Å². The minimum absolute atomic E-state index is 0.231. The normalized spacial score (nSPS) is 18.1. The third kappa shape index (κ3) is 3.69. The Labute approximate surface area is 162 Å². The van der Waals surface area contributed by atoms with Crippen LogP contribution >= 0.6 is 0 Å². The number of hydrogen-bond donors (Lipinski definition) is 3. The van der Waals surface area contributed by atoms with E-state index in [1.807, 2.05) is 12.1 Å². The first-order valence-corrected chi connectivity index (χ1v) is 9.32. The number of carbonyl (C=O) groups is 3. The molecule has 1 heterocycles. The summed E-state index contributed by atoms with van der Waals surface area (Å²) in [4.78, 5) is 38.3. The molecule has 2 aromatic carbocycles. The monoisotopic (exact) mass is 379 g/mol. The van der Waals surface area contributed by atoms with Gasteiger partial charge in [-0.3, -0.25) is 4.79 Å². The number of rotatable bonds is 4. The molecule has 1 aliphatic heterocycles. The molecule has 3 amide bonds. The largest absolute Gasteiger partial charge is 0.479 e. The molecule has 0 saturated heterocycles. The van der Waals surface area contributed by atoms with Crippen LogP contribution in [0.2, 0.25) is 0 Å². The minimum Gasteiger partial charge on any atom is -0.479 e. The van der Waals surface area contributed by atoms with Crippen molar-refractivity contribution in [3.63, 3.8) is 0 Å². The second kappa shape index (κ2) is 7.34. The van der Waals surface area contributed by atoms with Crippen molar-refractivity contribution in [2.75, 3.05) is 11.9 Å². The summed E-state index contributed by atoms with van der Waals surface area (Å²) >= 11 is 0. The van der Waals surface area contributed by atoms with Gasteiger partial charge in [0.15, 0.2) is 6.04 Å². The first-order chi connectivity index (χ1) is 13.5. The van der Waals surface area contributed by atoms with E-state index >= 15 is 0 Å². The van der Waals surface area contributed by atoms with Gasteiger partial charge >= 0.3 is 12.0 Å². The first-order valence-electron chi connectivity index (χ1n) is 9.32. The second-order valence-electron chi connectivity index (χ2n) is 7.14. The number of carbonyl (C=O) groups excluding carboxylic acids is 2. The Bertz CT molecular complexity index is 939. The molecule has 1 atom stereocenters. The number of aliphatic carboxylic acids is 1. The van der Waals surface area contributed by atoms with E-state index < -0.39 is 12.0 Å². The zero-order valence-corrected chi connectivity index (χ0v) is 15.2. The molecule has 1 fully saturated rings. The zero-order chi connectivity index (χ0) is 19.7. The standard InChI is InChI=1S/C21H21N3O4/c25-19(14-5-3-6-16(12-14)23-21(28)22-15-8-9-15)24-11-10-13-4-1-2-7-17(13)18(24)20(26)27/h1-7,12,15,18H,8-11H2,(H,26,27)(H2,22,23,28). The highest BCUT2D eigenvalue weighted by molar-refractivity contribution is 5.99. The summed E-state index contributed by atoms with van der Waals surface area (Å²) in [5, 5.41) is 15.3. The van der Waals surface area contributed by atoms with Crippen molar-refractivity contribution in [2.24, 2.45) is 0 Å². The predicted octanol–water partition coefficient (Wildman–Crippen LogP) is 2.79. The summed E-state index contributed by atoms with van der Waals surface area (Å²) in [5.41, 5.74) is 2.43. The molecule has 1 aliphatic carbocycles. The van der Waals surface area contributed by atoms with Gasteiger partial charge in [0.1, 0.15) is 0 Å². The van der Waals surface area contributed by atoms with E-state index in [1.54, 1.807) is 36.4 Å². The summed E-state index contributed by atoms with van der Waals surface area (Å²) in [6.07, 6.45) is 2.57. The molecule has 7 heteroatoms. The minimum atomic E-state index is -1.06. The Balaban J connectivity index is 1.56. The molecular weight excluding hydrogens is 358 g/mol. The highest BCUT2D eigenvalue weighted by Gasteiger charge is 2.36. The van der Waals surface area contributed by atoms with Crippen LogP contribution in [-0.4, -0.2) is 40.5 Å². The van der Waals surface area contributed by atoms with Crippen molar-refractivity contribution in [1.29, 1.82) is 0 Å². The number of nitrogens with one attached hydrogen (secondary N) is 2. The molecule has 0 aromatic heterocycles. The van der Waals surface area contributed by atoms with E-state index in [0.29, 0.717) is 29.8 Å². The van der Waals surface area contributed by atoms with Gasteiger partial charge in [0.05, 0.1) is 0 Å². The highest BCUT2D eigenvalue weighted by atomic mass is 16.4. The Morgan fingerprint density at radius 1 is 1.04 bits per heavy atom. The molecule has 144 valence electrons. The van der Waals surface area contributed by atoms with E-state index in [0.717, 1.165) is 18.4 Å². The molecule has 28 heavy (non-hydrogen) atoms. The van der Waals surface area contributed by atoms with Gasteiger partial charge in [0, 0.05) is 23.8 Å². The van der Waals surface area contributed by atoms with Crippen LogP contribution in [0, 0.1) is 0 Å². The number of carboxylic acids is 1. The van der Waals surface area contributed by atoms with Gasteiger partial charge in [0.25, 0.3) is 5.91 Å². The van der Waals surface area contributed by atoms with Crippen molar-refractivity contribution in [2.45, 2.75) is 31.3 Å². The van der Waals surface area contributed by atoms with Gasteiger partial charge in [0.2, 0.25) is 0 Å². The molecule has 1 saturated carbocycles. The number of fused-ring (bicyclic) bond motifs is 1. The number of nitrogens with zero attached hydrogens (tertiary/aromatic N) is 1. The number of anilines is 1. The summed E-state index contributed by atoms with van der Waals surface area (Å²) in [6, 6.07) is 12.8.